The van der Waals surface area contributed by atoms with Crippen molar-refractivity contribution in [3.8, 4) is 0 Å². The Bertz CT molecular complexity index is 728. The van der Waals surface area contributed by atoms with Crippen molar-refractivity contribution in [1.82, 2.24) is 19.9 Å². The molecule has 10 heteroatoms. The number of anilines is 1. The van der Waals surface area contributed by atoms with Gasteiger partial charge >= 0.3 is 0 Å². The summed E-state index contributed by atoms with van der Waals surface area (Å²) in [6.45, 7) is 0.646. The Morgan fingerprint density at radius 2 is 2.00 bits per heavy atom. The van der Waals surface area contributed by atoms with Crippen LogP contribution in [0.25, 0.3) is 0 Å². The molecule has 3 N–H and O–H groups in total. The fourth-order valence-corrected chi connectivity index (χ4v) is 2.41. The summed E-state index contributed by atoms with van der Waals surface area (Å²) in [5, 5.41) is 10.8. The maximum atomic E-state index is 12.2. The van der Waals surface area contributed by atoms with E-state index in [1.165, 1.54) is 22.8 Å². The molecule has 0 bridgehead atoms. The summed E-state index contributed by atoms with van der Waals surface area (Å²) in [5.74, 6) is -0.867. The van der Waals surface area contributed by atoms with Crippen LogP contribution >= 0.6 is 23.2 Å². The molecule has 0 fully saturated rings. The lowest BCUT2D eigenvalue weighted by molar-refractivity contribution is -0.116. The van der Waals surface area contributed by atoms with Gasteiger partial charge in [-0.15, -0.1) is 5.10 Å². The maximum Gasteiger partial charge on any atom is 0.276 e. The molecule has 0 radical (unpaired) electrons. The smallest absolute Gasteiger partial charge is 0.276 e. The standard InChI is InChI=1S/C14H16Cl2N6O2/c1-21(14(24)11-7-22(6-5-17)20-19-11)8-12(23)18-13-9(15)3-2-4-10(13)16/h2-4,7H,5-6,8,17H2,1H3,(H,18,23). The molecule has 0 saturated carbocycles. The second-order valence-corrected chi connectivity index (χ2v) is 5.78. The lowest BCUT2D eigenvalue weighted by Gasteiger charge is -2.16. The third-order valence-electron chi connectivity index (χ3n) is 3.07. The topological polar surface area (TPSA) is 106 Å². The van der Waals surface area contributed by atoms with Crippen LogP contribution in [0.1, 0.15) is 10.5 Å². The van der Waals surface area contributed by atoms with Gasteiger partial charge in [-0.1, -0.05) is 34.5 Å². The summed E-state index contributed by atoms with van der Waals surface area (Å²) < 4.78 is 1.46. The first kappa shape index (κ1) is 18.2. The maximum absolute atomic E-state index is 12.2. The van der Waals surface area contributed by atoms with Gasteiger partial charge in [-0.25, -0.2) is 0 Å². The van der Waals surface area contributed by atoms with E-state index in [0.717, 1.165) is 0 Å². The number of likely N-dealkylation sites (N-methyl/N-ethyl adjacent to an activating group) is 1. The SMILES string of the molecule is CN(CC(=O)Nc1c(Cl)cccc1Cl)C(=O)c1cn(CCN)nn1. The molecule has 2 rings (SSSR count). The first-order valence-corrected chi connectivity index (χ1v) is 7.77. The average molecular weight is 371 g/mol. The zero-order valence-electron chi connectivity index (χ0n) is 12.9. The third-order valence-corrected chi connectivity index (χ3v) is 3.70. The molecule has 2 amide bonds. The number of carbonyl (C=O) groups is 2. The monoisotopic (exact) mass is 370 g/mol. The number of aromatic nitrogens is 3. The first-order chi connectivity index (χ1) is 11.4. The van der Waals surface area contributed by atoms with Gasteiger partial charge in [-0.3, -0.25) is 14.3 Å². The van der Waals surface area contributed by atoms with Crippen LogP contribution in [0.2, 0.25) is 10.0 Å². The molecule has 0 aliphatic rings. The summed E-state index contributed by atoms with van der Waals surface area (Å²) >= 11 is 12.0. The molecule has 1 aromatic heterocycles. The molecular weight excluding hydrogens is 355 g/mol. The van der Waals surface area contributed by atoms with Crippen LogP contribution < -0.4 is 11.1 Å². The van der Waals surface area contributed by atoms with E-state index >= 15 is 0 Å². The van der Waals surface area contributed by atoms with Gasteiger partial charge in [0.2, 0.25) is 5.91 Å². The highest BCUT2D eigenvalue weighted by Crippen LogP contribution is 2.29. The van der Waals surface area contributed by atoms with E-state index in [9.17, 15) is 9.59 Å². The number of hydrogen-bond donors (Lipinski definition) is 2. The van der Waals surface area contributed by atoms with E-state index in [4.69, 9.17) is 28.9 Å². The zero-order chi connectivity index (χ0) is 17.7. The van der Waals surface area contributed by atoms with E-state index in [0.29, 0.717) is 28.8 Å². The summed E-state index contributed by atoms with van der Waals surface area (Å²) in [6.07, 6.45) is 1.48. The number of hydrogen-bond acceptors (Lipinski definition) is 5. The van der Waals surface area contributed by atoms with E-state index < -0.39 is 11.8 Å². The quantitative estimate of drug-likeness (QED) is 0.795. The molecule has 1 aromatic carbocycles. The average Bonchev–Trinajstić information content (AvgIpc) is 2.99. The number of carbonyl (C=O) groups excluding carboxylic acids is 2. The molecule has 0 saturated heterocycles. The molecule has 0 aliphatic heterocycles. The van der Waals surface area contributed by atoms with Crippen LogP contribution in [0.5, 0.6) is 0 Å². The van der Waals surface area contributed by atoms with Gasteiger partial charge in [-0.05, 0) is 12.1 Å². The number of halogens is 2. The summed E-state index contributed by atoms with van der Waals surface area (Å²) in [5.41, 5.74) is 5.85. The van der Waals surface area contributed by atoms with Crippen molar-refractivity contribution in [3.05, 3.63) is 40.1 Å². The fourth-order valence-electron chi connectivity index (χ4n) is 1.92. The Morgan fingerprint density at radius 3 is 2.62 bits per heavy atom. The van der Waals surface area contributed by atoms with Crippen molar-refractivity contribution in [1.29, 1.82) is 0 Å². The van der Waals surface area contributed by atoms with Crippen LogP contribution in [0.3, 0.4) is 0 Å². The van der Waals surface area contributed by atoms with Gasteiger partial charge in [0.15, 0.2) is 5.69 Å². The van der Waals surface area contributed by atoms with Gasteiger partial charge in [-0.2, -0.15) is 0 Å². The van der Waals surface area contributed by atoms with Crippen LogP contribution in [-0.2, 0) is 11.3 Å². The minimum Gasteiger partial charge on any atom is -0.331 e. The van der Waals surface area contributed by atoms with E-state index in [1.807, 2.05) is 0 Å². The number of para-hydroxylation sites is 1. The molecule has 8 nitrogen and oxygen atoms in total. The van der Waals surface area contributed by atoms with Crippen LogP contribution in [0.4, 0.5) is 5.69 Å². The Balaban J connectivity index is 1.99. The Labute approximate surface area is 148 Å². The normalized spacial score (nSPS) is 10.5. The summed E-state index contributed by atoms with van der Waals surface area (Å²) in [7, 11) is 1.48. The largest absolute Gasteiger partial charge is 0.331 e. The van der Waals surface area contributed by atoms with E-state index in [-0.39, 0.29) is 12.2 Å². The van der Waals surface area contributed by atoms with Crippen molar-refractivity contribution in [2.45, 2.75) is 6.54 Å². The number of nitrogens with two attached hydrogens (primary N) is 1. The highest BCUT2D eigenvalue weighted by atomic mass is 35.5. The van der Waals surface area contributed by atoms with E-state index in [1.54, 1.807) is 18.2 Å². The minimum absolute atomic E-state index is 0.134. The predicted octanol–water partition coefficient (Wildman–Crippen LogP) is 1.25. The molecule has 128 valence electrons. The van der Waals surface area contributed by atoms with Crippen molar-refractivity contribution in [3.63, 3.8) is 0 Å². The van der Waals surface area contributed by atoms with Gasteiger partial charge in [0.25, 0.3) is 5.91 Å². The lowest BCUT2D eigenvalue weighted by Crippen LogP contribution is -2.35. The van der Waals surface area contributed by atoms with Gasteiger partial charge in [0.05, 0.1) is 35.0 Å². The van der Waals surface area contributed by atoms with Crippen molar-refractivity contribution >= 4 is 40.7 Å². The fraction of sp³-hybridized carbons (Fsp3) is 0.286. The van der Waals surface area contributed by atoms with E-state index in [2.05, 4.69) is 15.6 Å². The van der Waals surface area contributed by atoms with Crippen molar-refractivity contribution in [2.75, 3.05) is 25.5 Å². The first-order valence-electron chi connectivity index (χ1n) is 7.02. The number of nitrogens with one attached hydrogen (secondary N) is 1. The minimum atomic E-state index is -0.435. The van der Waals surface area contributed by atoms with Crippen molar-refractivity contribution < 1.29 is 9.59 Å². The zero-order valence-corrected chi connectivity index (χ0v) is 14.4. The van der Waals surface area contributed by atoms with Crippen LogP contribution in [0.15, 0.2) is 24.4 Å². The molecule has 0 spiro atoms. The molecule has 0 atom stereocenters. The number of nitrogens with zero attached hydrogens (tertiary/aromatic N) is 4. The number of rotatable bonds is 6. The number of benzene rings is 1. The Hall–Kier alpha value is -2.16. The third kappa shape index (κ3) is 4.44. The molecule has 0 unspecified atom stereocenters. The van der Waals surface area contributed by atoms with Gasteiger partial charge < -0.3 is 16.0 Å². The molecule has 24 heavy (non-hydrogen) atoms. The highest BCUT2D eigenvalue weighted by molar-refractivity contribution is 6.39. The molecule has 0 aliphatic carbocycles. The van der Waals surface area contributed by atoms with Gasteiger partial charge in [0.1, 0.15) is 0 Å². The highest BCUT2D eigenvalue weighted by Gasteiger charge is 2.19. The van der Waals surface area contributed by atoms with Crippen LogP contribution in [0, 0.1) is 0 Å². The number of amides is 2. The summed E-state index contributed by atoms with van der Waals surface area (Å²) in [6, 6.07) is 4.88. The predicted molar refractivity (Wildman–Crippen MR) is 91.1 cm³/mol. The van der Waals surface area contributed by atoms with Crippen LogP contribution in [-0.4, -0.2) is 51.8 Å². The lowest BCUT2D eigenvalue weighted by atomic mass is 10.3. The second-order valence-electron chi connectivity index (χ2n) is 4.96. The second kappa shape index (κ2) is 8.09. The molecule has 2 aromatic rings. The molecular formula is C14H16Cl2N6O2. The molecule has 1 heterocycles. The van der Waals surface area contributed by atoms with Crippen molar-refractivity contribution in [2.24, 2.45) is 5.73 Å². The Kier molecular flexibility index (Phi) is 6.13. The summed E-state index contributed by atoms with van der Waals surface area (Å²) in [4.78, 5) is 25.5. The Morgan fingerprint density at radius 1 is 1.33 bits per heavy atom. The van der Waals surface area contributed by atoms with Gasteiger partial charge in [0, 0.05) is 13.6 Å².